The molecular weight excluding hydrogens is 419 g/mol. The van der Waals surface area contributed by atoms with E-state index < -0.39 is 0 Å². The van der Waals surface area contributed by atoms with Crippen molar-refractivity contribution < 1.29 is 9.15 Å². The monoisotopic (exact) mass is 452 g/mol. The number of aliphatic imine (C=N–C) groups is 1. The summed E-state index contributed by atoms with van der Waals surface area (Å²) in [6.07, 6.45) is 2.74. The van der Waals surface area contributed by atoms with Crippen LogP contribution in [-0.4, -0.2) is 37.7 Å². The van der Waals surface area contributed by atoms with Crippen LogP contribution < -0.4 is 10.6 Å². The molecule has 6 nitrogen and oxygen atoms in total. The summed E-state index contributed by atoms with van der Waals surface area (Å²) in [5.41, 5.74) is -0.0266. The lowest BCUT2D eigenvalue weighted by atomic mass is 9.94. The Balaban J connectivity index is 0.00000529. The SMILES string of the molecule is CN=C(NCCCOCC(C)C)NCc1ncc(C(C)(C)C)o1.I. The molecule has 2 N–H and O–H groups in total. The average Bonchev–Trinajstić information content (AvgIpc) is 2.94. The molecule has 7 heteroatoms. The first kappa shape index (κ1) is 23.2. The molecule has 0 radical (unpaired) electrons. The second-order valence-corrected chi connectivity index (χ2v) is 7.04. The van der Waals surface area contributed by atoms with E-state index in [1.807, 2.05) is 0 Å². The fourth-order valence-electron chi connectivity index (χ4n) is 1.82. The Bertz CT molecular complexity index is 481. The summed E-state index contributed by atoms with van der Waals surface area (Å²) in [4.78, 5) is 8.48. The van der Waals surface area contributed by atoms with Crippen molar-refractivity contribution in [2.45, 2.75) is 53.0 Å². The predicted octanol–water partition coefficient (Wildman–Crippen LogP) is 3.32. The number of nitrogens with zero attached hydrogens (tertiary/aromatic N) is 2. The number of nitrogens with one attached hydrogen (secondary N) is 2. The van der Waals surface area contributed by atoms with Crippen LogP contribution >= 0.6 is 24.0 Å². The zero-order valence-electron chi connectivity index (χ0n) is 15.8. The minimum absolute atomic E-state index is 0. The van der Waals surface area contributed by atoms with Gasteiger partial charge in [0.15, 0.2) is 5.96 Å². The molecule has 0 spiro atoms. The largest absolute Gasteiger partial charge is 0.443 e. The van der Waals surface area contributed by atoms with E-state index in [4.69, 9.17) is 9.15 Å². The van der Waals surface area contributed by atoms with Crippen LogP contribution in [0.2, 0.25) is 0 Å². The molecule has 0 bridgehead atoms. The predicted molar refractivity (Wildman–Crippen MR) is 109 cm³/mol. The van der Waals surface area contributed by atoms with Gasteiger partial charge in [0.25, 0.3) is 0 Å². The van der Waals surface area contributed by atoms with Gasteiger partial charge in [0.2, 0.25) is 5.89 Å². The molecule has 0 atom stereocenters. The van der Waals surface area contributed by atoms with E-state index in [0.717, 1.165) is 37.9 Å². The number of halogens is 1. The molecule has 0 aliphatic rings. The van der Waals surface area contributed by atoms with E-state index in [1.165, 1.54) is 0 Å². The Morgan fingerprint density at radius 2 is 2.04 bits per heavy atom. The highest BCUT2D eigenvalue weighted by atomic mass is 127. The van der Waals surface area contributed by atoms with Crippen LogP contribution in [-0.2, 0) is 16.7 Å². The summed E-state index contributed by atoms with van der Waals surface area (Å²) in [6.45, 7) is 13.5. The van der Waals surface area contributed by atoms with Gasteiger partial charge in [-0.1, -0.05) is 34.6 Å². The molecule has 0 saturated heterocycles. The Kier molecular flexibility index (Phi) is 11.3. The highest BCUT2D eigenvalue weighted by molar-refractivity contribution is 14.0. The van der Waals surface area contributed by atoms with Crippen molar-refractivity contribution in [3.8, 4) is 0 Å². The normalized spacial score (nSPS) is 12.2. The van der Waals surface area contributed by atoms with Crippen LogP contribution in [0.15, 0.2) is 15.6 Å². The number of oxazole rings is 1. The third-order valence-corrected chi connectivity index (χ3v) is 3.13. The smallest absolute Gasteiger partial charge is 0.213 e. The topological polar surface area (TPSA) is 71.7 Å². The van der Waals surface area contributed by atoms with Crippen molar-refractivity contribution in [2.75, 3.05) is 26.8 Å². The van der Waals surface area contributed by atoms with E-state index in [1.54, 1.807) is 13.2 Å². The minimum Gasteiger partial charge on any atom is -0.443 e. The lowest BCUT2D eigenvalue weighted by molar-refractivity contribution is 0.108. The third kappa shape index (κ3) is 9.46. The molecular formula is C17H33IN4O2. The summed E-state index contributed by atoms with van der Waals surface area (Å²) in [7, 11) is 1.75. The molecule has 24 heavy (non-hydrogen) atoms. The zero-order chi connectivity index (χ0) is 17.3. The first-order valence-electron chi connectivity index (χ1n) is 8.30. The molecule has 1 rings (SSSR count). The Morgan fingerprint density at radius 3 is 2.58 bits per heavy atom. The summed E-state index contributed by atoms with van der Waals surface area (Å²) >= 11 is 0. The van der Waals surface area contributed by atoms with Crippen LogP contribution in [0.1, 0.15) is 52.7 Å². The molecule has 0 amide bonds. The van der Waals surface area contributed by atoms with Gasteiger partial charge < -0.3 is 19.8 Å². The van der Waals surface area contributed by atoms with Crippen molar-refractivity contribution >= 4 is 29.9 Å². The highest BCUT2D eigenvalue weighted by Crippen LogP contribution is 2.22. The van der Waals surface area contributed by atoms with Crippen LogP contribution in [0, 0.1) is 5.92 Å². The van der Waals surface area contributed by atoms with E-state index in [-0.39, 0.29) is 29.4 Å². The molecule has 0 fully saturated rings. The van der Waals surface area contributed by atoms with Gasteiger partial charge in [-0.05, 0) is 12.3 Å². The van der Waals surface area contributed by atoms with E-state index in [9.17, 15) is 0 Å². The average molecular weight is 452 g/mol. The lowest BCUT2D eigenvalue weighted by Gasteiger charge is -2.13. The van der Waals surface area contributed by atoms with Crippen molar-refractivity contribution in [3.63, 3.8) is 0 Å². The third-order valence-electron chi connectivity index (χ3n) is 3.13. The number of hydrogen-bond donors (Lipinski definition) is 2. The van der Waals surface area contributed by atoms with Gasteiger partial charge in [-0.2, -0.15) is 0 Å². The number of aromatic nitrogens is 1. The second kappa shape index (κ2) is 11.7. The maximum absolute atomic E-state index is 5.75. The second-order valence-electron chi connectivity index (χ2n) is 7.04. The first-order chi connectivity index (χ1) is 10.8. The molecule has 0 aliphatic carbocycles. The van der Waals surface area contributed by atoms with Gasteiger partial charge >= 0.3 is 0 Å². The molecule has 0 aromatic carbocycles. The van der Waals surface area contributed by atoms with Gasteiger partial charge in [-0.3, -0.25) is 4.99 Å². The minimum atomic E-state index is -0.0266. The van der Waals surface area contributed by atoms with Gasteiger partial charge in [-0.25, -0.2) is 4.98 Å². The van der Waals surface area contributed by atoms with Gasteiger partial charge in [0.05, 0.1) is 12.7 Å². The van der Waals surface area contributed by atoms with Crippen LogP contribution in [0.25, 0.3) is 0 Å². The number of hydrogen-bond acceptors (Lipinski definition) is 4. The van der Waals surface area contributed by atoms with Crippen LogP contribution in [0.4, 0.5) is 0 Å². The molecule has 0 unspecified atom stereocenters. The van der Waals surface area contributed by atoms with Gasteiger partial charge in [-0.15, -0.1) is 24.0 Å². The fourth-order valence-corrected chi connectivity index (χ4v) is 1.82. The van der Waals surface area contributed by atoms with E-state index in [2.05, 4.69) is 55.2 Å². The summed E-state index contributed by atoms with van der Waals surface area (Å²) in [5.74, 6) is 2.87. The van der Waals surface area contributed by atoms with Gasteiger partial charge in [0.1, 0.15) is 5.76 Å². The highest BCUT2D eigenvalue weighted by Gasteiger charge is 2.19. The summed E-state index contributed by atoms with van der Waals surface area (Å²) in [5, 5.41) is 6.46. The van der Waals surface area contributed by atoms with Crippen molar-refractivity contribution in [3.05, 3.63) is 17.8 Å². The number of ether oxygens (including phenoxy) is 1. The molecule has 0 aliphatic heterocycles. The zero-order valence-corrected chi connectivity index (χ0v) is 18.1. The summed E-state index contributed by atoms with van der Waals surface area (Å²) < 4.78 is 11.3. The Hall–Kier alpha value is -0.830. The van der Waals surface area contributed by atoms with E-state index in [0.29, 0.717) is 18.4 Å². The standard InChI is InChI=1S/C17H32N4O2.HI/c1-13(2)12-22-9-7-8-19-16(18-6)21-11-15-20-10-14(23-15)17(3,4)5;/h10,13H,7-9,11-12H2,1-6H3,(H2,18,19,21);1H. The van der Waals surface area contributed by atoms with Crippen LogP contribution in [0.5, 0.6) is 0 Å². The van der Waals surface area contributed by atoms with Crippen molar-refractivity contribution in [1.82, 2.24) is 15.6 Å². The van der Waals surface area contributed by atoms with Gasteiger partial charge in [0, 0.05) is 32.2 Å². The number of rotatable bonds is 8. The lowest BCUT2D eigenvalue weighted by Crippen LogP contribution is -2.37. The molecule has 1 aromatic heterocycles. The number of guanidine groups is 1. The molecule has 1 heterocycles. The maximum atomic E-state index is 5.75. The Labute approximate surface area is 163 Å². The Morgan fingerprint density at radius 1 is 1.33 bits per heavy atom. The quantitative estimate of drug-likeness (QED) is 0.274. The molecule has 1 aromatic rings. The maximum Gasteiger partial charge on any atom is 0.213 e. The van der Waals surface area contributed by atoms with Crippen molar-refractivity contribution in [1.29, 1.82) is 0 Å². The molecule has 140 valence electrons. The van der Waals surface area contributed by atoms with Crippen LogP contribution in [0.3, 0.4) is 0 Å². The summed E-state index contributed by atoms with van der Waals surface area (Å²) in [6, 6.07) is 0. The fraction of sp³-hybridized carbons (Fsp3) is 0.765. The molecule has 0 saturated carbocycles. The van der Waals surface area contributed by atoms with E-state index >= 15 is 0 Å². The first-order valence-corrected chi connectivity index (χ1v) is 8.30. The van der Waals surface area contributed by atoms with Crippen molar-refractivity contribution in [2.24, 2.45) is 10.9 Å².